The maximum absolute atomic E-state index is 13.9. The monoisotopic (exact) mass is 518 g/mol. The molecule has 0 radical (unpaired) electrons. The largest absolute Gasteiger partial charge is 0.481 e. The zero-order valence-electron chi connectivity index (χ0n) is 19.9. The Morgan fingerprint density at radius 3 is 2.60 bits per heavy atom. The molecule has 4 atom stereocenters. The third kappa shape index (κ3) is 6.18. The number of carboxylic acid groups (broad SMARTS) is 1. The van der Waals surface area contributed by atoms with Crippen LogP contribution in [0, 0.1) is 5.41 Å². The van der Waals surface area contributed by atoms with Gasteiger partial charge in [0.2, 0.25) is 5.91 Å². The van der Waals surface area contributed by atoms with E-state index in [-0.39, 0.29) is 30.4 Å². The smallest absolute Gasteiger partial charge is 0.304 e. The number of carbonyl (C=O) groups excluding carboxylic acids is 1. The summed E-state index contributed by atoms with van der Waals surface area (Å²) in [6, 6.07) is 15.0. The molecule has 0 bridgehead atoms. The van der Waals surface area contributed by atoms with Gasteiger partial charge in [0.25, 0.3) is 0 Å². The Morgan fingerprint density at radius 1 is 1.17 bits per heavy atom. The molecule has 4 rings (SSSR count). The van der Waals surface area contributed by atoms with Gasteiger partial charge in [0.1, 0.15) is 0 Å². The number of piperidine rings is 1. The SMILES string of the molecule is C[C@]1(CC(=O)O)C[C@H](c2cccc(Cl)c2)[C@@H](c2ccc(Cl)cc2)N(CCC[C@@H]2CNCCO2)C1=O. The molecule has 188 valence electrons. The van der Waals surface area contributed by atoms with Crippen molar-refractivity contribution in [2.24, 2.45) is 5.41 Å². The van der Waals surface area contributed by atoms with Crippen molar-refractivity contribution in [3.05, 3.63) is 69.7 Å². The van der Waals surface area contributed by atoms with Gasteiger partial charge in [0.15, 0.2) is 0 Å². The molecule has 8 heteroatoms. The maximum atomic E-state index is 13.9. The number of hydrogen-bond acceptors (Lipinski definition) is 4. The quantitative estimate of drug-likeness (QED) is 0.495. The summed E-state index contributed by atoms with van der Waals surface area (Å²) in [5.41, 5.74) is 0.942. The van der Waals surface area contributed by atoms with Gasteiger partial charge in [-0.3, -0.25) is 9.59 Å². The Hall–Kier alpha value is -2.12. The summed E-state index contributed by atoms with van der Waals surface area (Å²) in [5.74, 6) is -1.22. The second kappa shape index (κ2) is 11.3. The standard InChI is InChI=1S/C27H32Cl2N2O4/c1-27(16-24(32)33)15-23(19-4-2-5-21(29)14-19)25(18-7-9-20(28)10-8-18)31(26(27)34)12-3-6-22-17-30-11-13-35-22/h2,4-5,7-10,14,22-23,25,30H,3,6,11-13,15-17H2,1H3,(H,32,33)/t22-,23-,25-,27-/m1/s1. The van der Waals surface area contributed by atoms with Gasteiger partial charge in [0.05, 0.1) is 30.6 Å². The van der Waals surface area contributed by atoms with Crippen molar-refractivity contribution >= 4 is 35.1 Å². The van der Waals surface area contributed by atoms with Crippen LogP contribution in [0.4, 0.5) is 0 Å². The highest BCUT2D eigenvalue weighted by Gasteiger charge is 2.50. The molecule has 2 aromatic carbocycles. The lowest BCUT2D eigenvalue weighted by molar-refractivity contribution is -0.157. The second-order valence-corrected chi connectivity index (χ2v) is 10.7. The highest BCUT2D eigenvalue weighted by molar-refractivity contribution is 6.30. The summed E-state index contributed by atoms with van der Waals surface area (Å²) in [7, 11) is 0. The van der Waals surface area contributed by atoms with Gasteiger partial charge in [-0.1, -0.05) is 54.4 Å². The number of carboxylic acids is 1. The first kappa shape index (κ1) is 26.0. The number of aliphatic carboxylic acids is 1. The first-order chi connectivity index (χ1) is 16.8. The van der Waals surface area contributed by atoms with Crippen molar-refractivity contribution in [2.45, 2.75) is 50.7 Å². The van der Waals surface area contributed by atoms with Gasteiger partial charge in [-0.05, 0) is 54.7 Å². The van der Waals surface area contributed by atoms with Crippen molar-refractivity contribution in [2.75, 3.05) is 26.2 Å². The summed E-state index contributed by atoms with van der Waals surface area (Å²) >= 11 is 12.5. The molecule has 2 fully saturated rings. The summed E-state index contributed by atoms with van der Waals surface area (Å²) in [6.07, 6.45) is 1.89. The molecule has 0 aromatic heterocycles. The fourth-order valence-electron chi connectivity index (χ4n) is 5.50. The van der Waals surface area contributed by atoms with Crippen LogP contribution in [-0.4, -0.2) is 54.2 Å². The third-order valence-electron chi connectivity index (χ3n) is 7.12. The van der Waals surface area contributed by atoms with Crippen molar-refractivity contribution in [1.82, 2.24) is 10.2 Å². The first-order valence-corrected chi connectivity index (χ1v) is 12.9. The molecular formula is C27H32Cl2N2O4. The molecule has 2 heterocycles. The normalized spacial score (nSPS) is 27.1. The minimum Gasteiger partial charge on any atom is -0.481 e. The van der Waals surface area contributed by atoms with Crippen LogP contribution in [0.2, 0.25) is 10.0 Å². The molecule has 35 heavy (non-hydrogen) atoms. The number of morpholine rings is 1. The van der Waals surface area contributed by atoms with Gasteiger partial charge in [-0.2, -0.15) is 0 Å². The van der Waals surface area contributed by atoms with E-state index < -0.39 is 11.4 Å². The molecule has 2 saturated heterocycles. The van der Waals surface area contributed by atoms with E-state index in [1.165, 1.54) is 0 Å². The summed E-state index contributed by atoms with van der Waals surface area (Å²) in [5, 5.41) is 14.2. The fourth-order valence-corrected chi connectivity index (χ4v) is 5.83. The predicted octanol–water partition coefficient (Wildman–Crippen LogP) is 5.30. The Balaban J connectivity index is 1.71. The molecule has 2 aliphatic rings. The highest BCUT2D eigenvalue weighted by atomic mass is 35.5. The molecule has 0 aliphatic carbocycles. The molecule has 0 spiro atoms. The summed E-state index contributed by atoms with van der Waals surface area (Å²) in [4.78, 5) is 27.6. The highest BCUT2D eigenvalue weighted by Crippen LogP contribution is 2.51. The van der Waals surface area contributed by atoms with Crippen LogP contribution in [0.5, 0.6) is 0 Å². The van der Waals surface area contributed by atoms with Crippen molar-refractivity contribution in [3.63, 3.8) is 0 Å². The molecular weight excluding hydrogens is 487 g/mol. The summed E-state index contributed by atoms with van der Waals surface area (Å²) < 4.78 is 5.84. The van der Waals surface area contributed by atoms with E-state index in [0.717, 1.165) is 37.1 Å². The third-order valence-corrected chi connectivity index (χ3v) is 7.61. The Labute approximate surface area is 216 Å². The van der Waals surface area contributed by atoms with E-state index in [1.807, 2.05) is 53.4 Å². The molecule has 0 unspecified atom stereocenters. The number of amides is 1. The van der Waals surface area contributed by atoms with Crippen LogP contribution < -0.4 is 5.32 Å². The Bertz CT molecular complexity index is 1040. The molecule has 0 saturated carbocycles. The van der Waals surface area contributed by atoms with E-state index in [2.05, 4.69) is 5.32 Å². The lowest BCUT2D eigenvalue weighted by Gasteiger charge is -2.49. The first-order valence-electron chi connectivity index (χ1n) is 12.1. The Morgan fingerprint density at radius 2 is 1.94 bits per heavy atom. The number of carbonyl (C=O) groups is 2. The average molecular weight is 519 g/mol. The molecule has 6 nitrogen and oxygen atoms in total. The average Bonchev–Trinajstić information content (AvgIpc) is 2.83. The van der Waals surface area contributed by atoms with Crippen molar-refractivity contribution < 1.29 is 19.4 Å². The van der Waals surface area contributed by atoms with Crippen LogP contribution in [0.1, 0.15) is 55.7 Å². The van der Waals surface area contributed by atoms with Crippen LogP contribution in [0.3, 0.4) is 0 Å². The topological polar surface area (TPSA) is 78.9 Å². The van der Waals surface area contributed by atoms with E-state index in [9.17, 15) is 14.7 Å². The molecule has 2 N–H and O–H groups in total. The lowest BCUT2D eigenvalue weighted by atomic mass is 9.67. The molecule has 2 aromatic rings. The van der Waals surface area contributed by atoms with E-state index in [1.54, 1.807) is 6.92 Å². The number of hydrogen-bond donors (Lipinski definition) is 2. The fraction of sp³-hybridized carbons (Fsp3) is 0.481. The van der Waals surface area contributed by atoms with Gasteiger partial charge in [0, 0.05) is 35.6 Å². The number of halogens is 2. The number of nitrogens with zero attached hydrogens (tertiary/aromatic N) is 1. The Kier molecular flexibility index (Phi) is 8.38. The van der Waals surface area contributed by atoms with Crippen molar-refractivity contribution in [3.8, 4) is 0 Å². The number of rotatable bonds is 8. The molecule has 1 amide bonds. The predicted molar refractivity (Wildman–Crippen MR) is 137 cm³/mol. The lowest BCUT2D eigenvalue weighted by Crippen LogP contribution is -2.53. The number of likely N-dealkylation sites (tertiary alicyclic amines) is 1. The number of nitrogens with one attached hydrogen (secondary N) is 1. The second-order valence-electron chi connectivity index (χ2n) is 9.83. The van der Waals surface area contributed by atoms with E-state index in [4.69, 9.17) is 27.9 Å². The van der Waals surface area contributed by atoms with E-state index >= 15 is 0 Å². The molecule has 2 aliphatic heterocycles. The zero-order chi connectivity index (χ0) is 25.0. The van der Waals surface area contributed by atoms with Crippen LogP contribution in [-0.2, 0) is 14.3 Å². The van der Waals surface area contributed by atoms with Crippen LogP contribution in [0.25, 0.3) is 0 Å². The minimum atomic E-state index is -1.02. The summed E-state index contributed by atoms with van der Waals surface area (Å²) in [6.45, 7) is 4.64. The van der Waals surface area contributed by atoms with Gasteiger partial charge in [-0.25, -0.2) is 0 Å². The van der Waals surface area contributed by atoms with Gasteiger partial charge in [-0.15, -0.1) is 0 Å². The van der Waals surface area contributed by atoms with Crippen molar-refractivity contribution in [1.29, 1.82) is 0 Å². The van der Waals surface area contributed by atoms with Gasteiger partial charge < -0.3 is 20.1 Å². The maximum Gasteiger partial charge on any atom is 0.304 e. The minimum absolute atomic E-state index is 0.117. The zero-order valence-corrected chi connectivity index (χ0v) is 21.4. The van der Waals surface area contributed by atoms with E-state index in [0.29, 0.717) is 29.6 Å². The van der Waals surface area contributed by atoms with Gasteiger partial charge >= 0.3 is 5.97 Å². The number of ether oxygens (including phenoxy) is 1. The number of benzene rings is 2. The van der Waals surface area contributed by atoms with Crippen LogP contribution in [0.15, 0.2) is 48.5 Å². The van der Waals surface area contributed by atoms with Crippen LogP contribution >= 0.6 is 23.2 Å².